The fraction of sp³-hybridized carbons (Fsp3) is 0.308. The molecule has 1 aromatic rings. The highest BCUT2D eigenvalue weighted by molar-refractivity contribution is 6.16. The summed E-state index contributed by atoms with van der Waals surface area (Å²) in [6.07, 6.45) is 0.721. The molecular formula is C13H16O5. The van der Waals surface area contributed by atoms with Crippen LogP contribution in [0.3, 0.4) is 0 Å². The van der Waals surface area contributed by atoms with Gasteiger partial charge in [-0.1, -0.05) is 6.07 Å². The normalized spacial score (nSPS) is 10.9. The van der Waals surface area contributed by atoms with Crippen LogP contribution in [0.25, 0.3) is 5.57 Å². The van der Waals surface area contributed by atoms with Crippen LogP contribution >= 0.6 is 0 Å². The Morgan fingerprint density at radius 2 is 1.94 bits per heavy atom. The van der Waals surface area contributed by atoms with Crippen molar-refractivity contribution < 1.29 is 24.1 Å². The summed E-state index contributed by atoms with van der Waals surface area (Å²) in [6.45, 7) is 1.94. The minimum atomic E-state index is -0.591. The molecule has 1 rings (SSSR count). The first-order valence-electron chi connectivity index (χ1n) is 5.41. The van der Waals surface area contributed by atoms with Crippen LogP contribution in [0.1, 0.15) is 12.5 Å². The van der Waals surface area contributed by atoms with E-state index in [0.29, 0.717) is 17.1 Å². The van der Waals surface area contributed by atoms with Crippen molar-refractivity contribution in [3.8, 4) is 11.5 Å². The maximum absolute atomic E-state index is 11.6. The molecule has 0 aliphatic heterocycles. The number of carbonyl (C=O) groups is 1. The molecule has 0 fully saturated rings. The van der Waals surface area contributed by atoms with Crippen molar-refractivity contribution in [2.75, 3.05) is 20.8 Å². The second kappa shape index (κ2) is 6.54. The SMILES string of the molecule is CCOC(=O)/C(=C/O)c1ccc(OC)c(OC)c1. The lowest BCUT2D eigenvalue weighted by atomic mass is 10.1. The Bertz CT molecular complexity index is 451. The van der Waals surface area contributed by atoms with Crippen LogP contribution in [0.2, 0.25) is 0 Å². The zero-order valence-electron chi connectivity index (χ0n) is 10.6. The van der Waals surface area contributed by atoms with Crippen molar-refractivity contribution in [3.63, 3.8) is 0 Å². The number of esters is 1. The molecule has 98 valence electrons. The van der Waals surface area contributed by atoms with Gasteiger partial charge < -0.3 is 19.3 Å². The first kappa shape index (κ1) is 13.9. The van der Waals surface area contributed by atoms with Gasteiger partial charge in [0, 0.05) is 0 Å². The largest absolute Gasteiger partial charge is 0.515 e. The maximum atomic E-state index is 11.6. The minimum absolute atomic E-state index is 0.0674. The van der Waals surface area contributed by atoms with Gasteiger partial charge in [0.25, 0.3) is 0 Å². The zero-order chi connectivity index (χ0) is 13.5. The van der Waals surface area contributed by atoms with Gasteiger partial charge in [-0.2, -0.15) is 0 Å². The number of hydrogen-bond acceptors (Lipinski definition) is 5. The molecule has 0 aromatic heterocycles. The third-order valence-corrected chi connectivity index (χ3v) is 2.32. The Morgan fingerprint density at radius 3 is 2.44 bits per heavy atom. The third-order valence-electron chi connectivity index (χ3n) is 2.32. The van der Waals surface area contributed by atoms with E-state index in [-0.39, 0.29) is 12.2 Å². The second-order valence-electron chi connectivity index (χ2n) is 3.33. The van der Waals surface area contributed by atoms with Crippen LogP contribution in [0.5, 0.6) is 11.5 Å². The number of ether oxygens (including phenoxy) is 3. The average molecular weight is 252 g/mol. The molecule has 0 spiro atoms. The van der Waals surface area contributed by atoms with Crippen molar-refractivity contribution >= 4 is 11.5 Å². The molecule has 1 N–H and O–H groups in total. The third kappa shape index (κ3) is 2.94. The number of carbonyl (C=O) groups excluding carboxylic acids is 1. The number of benzene rings is 1. The van der Waals surface area contributed by atoms with Gasteiger partial charge in [-0.25, -0.2) is 4.79 Å². The molecule has 0 radical (unpaired) electrons. The highest BCUT2D eigenvalue weighted by Crippen LogP contribution is 2.30. The van der Waals surface area contributed by atoms with Crippen molar-refractivity contribution in [1.82, 2.24) is 0 Å². The van der Waals surface area contributed by atoms with Crippen molar-refractivity contribution in [1.29, 1.82) is 0 Å². The molecule has 5 nitrogen and oxygen atoms in total. The van der Waals surface area contributed by atoms with E-state index in [9.17, 15) is 4.79 Å². The van der Waals surface area contributed by atoms with Crippen LogP contribution in [-0.2, 0) is 9.53 Å². The second-order valence-corrected chi connectivity index (χ2v) is 3.33. The molecule has 0 heterocycles. The topological polar surface area (TPSA) is 65.0 Å². The van der Waals surface area contributed by atoms with Crippen LogP contribution in [0, 0.1) is 0 Å². The standard InChI is InChI=1S/C13H16O5/c1-4-18-13(15)10(8-14)9-5-6-11(16-2)12(7-9)17-3/h5-8,14H,4H2,1-3H3/b10-8+. The molecule has 0 bridgehead atoms. The van der Waals surface area contributed by atoms with E-state index in [4.69, 9.17) is 19.3 Å². The number of aliphatic hydroxyl groups is 1. The molecule has 0 aliphatic carbocycles. The summed E-state index contributed by atoms with van der Waals surface area (Å²) >= 11 is 0. The summed E-state index contributed by atoms with van der Waals surface area (Å²) in [5.74, 6) is 0.424. The molecule has 0 saturated carbocycles. The lowest BCUT2D eigenvalue weighted by Crippen LogP contribution is -2.07. The van der Waals surface area contributed by atoms with Crippen LogP contribution in [-0.4, -0.2) is 31.9 Å². The van der Waals surface area contributed by atoms with Gasteiger partial charge in [-0.3, -0.25) is 0 Å². The molecule has 0 saturated heterocycles. The van der Waals surface area contributed by atoms with Gasteiger partial charge in [-0.05, 0) is 24.6 Å². The molecular weight excluding hydrogens is 236 g/mol. The Balaban J connectivity index is 3.12. The summed E-state index contributed by atoms with van der Waals surface area (Å²) < 4.78 is 15.1. The fourth-order valence-electron chi connectivity index (χ4n) is 1.46. The first-order valence-corrected chi connectivity index (χ1v) is 5.41. The summed E-state index contributed by atoms with van der Waals surface area (Å²) in [7, 11) is 3.01. The van der Waals surface area contributed by atoms with E-state index < -0.39 is 5.97 Å². The van der Waals surface area contributed by atoms with Crippen LogP contribution in [0.15, 0.2) is 24.5 Å². The predicted molar refractivity (Wildman–Crippen MR) is 66.8 cm³/mol. The molecule has 0 atom stereocenters. The van der Waals surface area contributed by atoms with E-state index in [0.717, 1.165) is 6.26 Å². The first-order chi connectivity index (χ1) is 8.67. The number of aliphatic hydroxyl groups excluding tert-OH is 1. The van der Waals surface area contributed by atoms with E-state index in [1.807, 2.05) is 0 Å². The number of hydrogen-bond donors (Lipinski definition) is 1. The molecule has 0 amide bonds. The van der Waals surface area contributed by atoms with Crippen molar-refractivity contribution in [2.45, 2.75) is 6.92 Å². The Kier molecular flexibility index (Phi) is 5.05. The van der Waals surface area contributed by atoms with Crippen LogP contribution in [0.4, 0.5) is 0 Å². The minimum Gasteiger partial charge on any atom is -0.515 e. The maximum Gasteiger partial charge on any atom is 0.341 e. The Labute approximate surface area is 106 Å². The number of methoxy groups -OCH3 is 2. The fourth-order valence-corrected chi connectivity index (χ4v) is 1.46. The Hall–Kier alpha value is -2.17. The zero-order valence-corrected chi connectivity index (χ0v) is 10.6. The molecule has 5 heteroatoms. The smallest absolute Gasteiger partial charge is 0.341 e. The van der Waals surface area contributed by atoms with E-state index in [1.54, 1.807) is 25.1 Å². The summed E-state index contributed by atoms with van der Waals surface area (Å²) in [6, 6.07) is 4.88. The summed E-state index contributed by atoms with van der Waals surface area (Å²) in [4.78, 5) is 11.6. The lowest BCUT2D eigenvalue weighted by molar-refractivity contribution is -0.136. The summed E-state index contributed by atoms with van der Waals surface area (Å²) in [5, 5.41) is 9.13. The molecule has 18 heavy (non-hydrogen) atoms. The number of rotatable bonds is 5. The average Bonchev–Trinajstić information content (AvgIpc) is 2.39. The van der Waals surface area contributed by atoms with Crippen LogP contribution < -0.4 is 9.47 Å². The quantitative estimate of drug-likeness (QED) is 0.494. The van der Waals surface area contributed by atoms with Gasteiger partial charge in [-0.15, -0.1) is 0 Å². The van der Waals surface area contributed by atoms with E-state index in [1.165, 1.54) is 14.2 Å². The lowest BCUT2D eigenvalue weighted by Gasteiger charge is -2.10. The van der Waals surface area contributed by atoms with Gasteiger partial charge in [0.15, 0.2) is 11.5 Å². The van der Waals surface area contributed by atoms with Gasteiger partial charge in [0.05, 0.1) is 27.1 Å². The van der Waals surface area contributed by atoms with Gasteiger partial charge >= 0.3 is 5.97 Å². The van der Waals surface area contributed by atoms with Gasteiger partial charge in [0.1, 0.15) is 5.57 Å². The highest BCUT2D eigenvalue weighted by atomic mass is 16.5. The van der Waals surface area contributed by atoms with E-state index >= 15 is 0 Å². The molecule has 0 aliphatic rings. The summed E-state index contributed by atoms with van der Waals surface area (Å²) in [5.41, 5.74) is 0.561. The van der Waals surface area contributed by atoms with Gasteiger partial charge in [0.2, 0.25) is 0 Å². The predicted octanol–water partition coefficient (Wildman–Crippen LogP) is 2.17. The molecule has 1 aromatic carbocycles. The van der Waals surface area contributed by atoms with Crippen molar-refractivity contribution in [3.05, 3.63) is 30.0 Å². The van der Waals surface area contributed by atoms with Crippen molar-refractivity contribution in [2.24, 2.45) is 0 Å². The monoisotopic (exact) mass is 252 g/mol. The Morgan fingerprint density at radius 1 is 1.28 bits per heavy atom. The molecule has 0 unspecified atom stereocenters. The van der Waals surface area contributed by atoms with E-state index in [2.05, 4.69) is 0 Å². The highest BCUT2D eigenvalue weighted by Gasteiger charge is 2.15.